The minimum Gasteiger partial charge on any atom is -0.382 e. The first-order chi connectivity index (χ1) is 15.0. The summed E-state index contributed by atoms with van der Waals surface area (Å²) < 4.78 is 32.4. The highest BCUT2D eigenvalue weighted by atomic mass is 32.2. The number of nitrogens with two attached hydrogens (primary N) is 2. The van der Waals surface area contributed by atoms with Gasteiger partial charge in [-0.05, 0) is 30.5 Å². The van der Waals surface area contributed by atoms with Crippen LogP contribution in [0.2, 0.25) is 0 Å². The molecular formula is C21H19F2N7S. The van der Waals surface area contributed by atoms with E-state index < -0.39 is 5.82 Å². The molecule has 0 atom stereocenters. The third-order valence-corrected chi connectivity index (χ3v) is 6.30. The minimum atomic E-state index is -0.473. The fourth-order valence-electron chi connectivity index (χ4n) is 3.74. The topological polar surface area (TPSA) is 98.9 Å². The van der Waals surface area contributed by atoms with Crippen molar-refractivity contribution < 1.29 is 8.78 Å². The first-order valence-corrected chi connectivity index (χ1v) is 10.7. The molecule has 2 aromatic carbocycles. The molecule has 0 spiro atoms. The van der Waals surface area contributed by atoms with Crippen molar-refractivity contribution in [2.45, 2.75) is 13.0 Å². The number of rotatable bonds is 4. The van der Waals surface area contributed by atoms with Crippen molar-refractivity contribution in [1.82, 2.24) is 19.7 Å². The molecular weight excluding hydrogens is 420 g/mol. The zero-order valence-corrected chi connectivity index (χ0v) is 17.2. The second-order valence-corrected chi connectivity index (χ2v) is 8.30. The number of anilines is 3. The molecule has 1 saturated heterocycles. The fourth-order valence-corrected chi connectivity index (χ4v) is 4.79. The lowest BCUT2D eigenvalue weighted by Crippen LogP contribution is -2.16. The number of hydrogen-bond acceptors (Lipinski definition) is 7. The minimum absolute atomic E-state index is 0.0531. The van der Waals surface area contributed by atoms with Crippen molar-refractivity contribution >= 4 is 40.2 Å². The van der Waals surface area contributed by atoms with Crippen LogP contribution in [-0.2, 0) is 6.54 Å². The van der Waals surface area contributed by atoms with E-state index in [9.17, 15) is 8.78 Å². The van der Waals surface area contributed by atoms with E-state index in [1.807, 2.05) is 4.31 Å². The lowest BCUT2D eigenvalue weighted by molar-refractivity contribution is 0.581. The highest BCUT2D eigenvalue weighted by Gasteiger charge is 2.24. The average molecular weight is 439 g/mol. The normalized spacial score (nSPS) is 13.9. The Hall–Kier alpha value is -3.40. The molecule has 7 nitrogen and oxygen atoms in total. The molecule has 10 heteroatoms. The zero-order chi connectivity index (χ0) is 21.5. The van der Waals surface area contributed by atoms with Gasteiger partial charge in [0.05, 0.1) is 6.54 Å². The summed E-state index contributed by atoms with van der Waals surface area (Å²) in [5, 5.41) is 5.02. The van der Waals surface area contributed by atoms with Crippen LogP contribution in [0.4, 0.5) is 26.1 Å². The van der Waals surface area contributed by atoms with Crippen molar-refractivity contribution in [3.63, 3.8) is 0 Å². The summed E-state index contributed by atoms with van der Waals surface area (Å²) in [5.41, 5.74) is 14.0. The first kappa shape index (κ1) is 19.6. The van der Waals surface area contributed by atoms with Gasteiger partial charge in [0.15, 0.2) is 17.5 Å². The Bertz CT molecular complexity index is 1260. The predicted molar refractivity (Wildman–Crippen MR) is 119 cm³/mol. The van der Waals surface area contributed by atoms with E-state index in [0.717, 1.165) is 18.7 Å². The van der Waals surface area contributed by atoms with Gasteiger partial charge in [0, 0.05) is 23.2 Å². The fraction of sp³-hybridized carbons (Fsp3) is 0.190. The van der Waals surface area contributed by atoms with Gasteiger partial charge in [-0.15, -0.1) is 0 Å². The molecule has 1 aliphatic rings. The van der Waals surface area contributed by atoms with Gasteiger partial charge in [-0.3, -0.25) is 4.68 Å². The van der Waals surface area contributed by atoms with Gasteiger partial charge in [-0.1, -0.05) is 30.3 Å². The molecule has 0 unspecified atom stereocenters. The lowest BCUT2D eigenvalue weighted by Gasteiger charge is -2.19. The van der Waals surface area contributed by atoms with Crippen LogP contribution in [0.1, 0.15) is 12.0 Å². The van der Waals surface area contributed by atoms with Gasteiger partial charge in [0.2, 0.25) is 0 Å². The molecule has 0 aliphatic carbocycles. The van der Waals surface area contributed by atoms with Crippen LogP contribution in [0.3, 0.4) is 0 Å². The van der Waals surface area contributed by atoms with E-state index in [1.54, 1.807) is 42.3 Å². The smallest absolute Gasteiger partial charge is 0.184 e. The standard InChI is InChI=1S/C21H19F2N7S/c22-14-7-2-1-5-12(14)11-29-17-13(6-3-8-15(17)23)16(28-29)21-26-19(24)18(20(25)27-21)30-9-4-10-31-30/h1-3,5-8H,4,9-11H2,(H4,24,25,26,27). The number of fused-ring (bicyclic) bond motifs is 1. The maximum absolute atomic E-state index is 14.8. The molecule has 1 aliphatic heterocycles. The van der Waals surface area contributed by atoms with Crippen LogP contribution in [0, 0.1) is 11.6 Å². The predicted octanol–water partition coefficient (Wildman–Crippen LogP) is 3.84. The summed E-state index contributed by atoms with van der Waals surface area (Å²) in [4.78, 5) is 8.85. The summed E-state index contributed by atoms with van der Waals surface area (Å²) in [6, 6.07) is 11.0. The summed E-state index contributed by atoms with van der Waals surface area (Å²) >= 11 is 1.63. The Kier molecular flexibility index (Phi) is 4.85. The van der Waals surface area contributed by atoms with Crippen LogP contribution in [0.5, 0.6) is 0 Å². The molecule has 4 aromatic rings. The number of benzene rings is 2. The van der Waals surface area contributed by atoms with Crippen LogP contribution in [0.15, 0.2) is 42.5 Å². The number of aromatic nitrogens is 4. The highest BCUT2D eigenvalue weighted by molar-refractivity contribution is 8.00. The Morgan fingerprint density at radius 2 is 1.71 bits per heavy atom. The molecule has 0 amide bonds. The molecule has 4 N–H and O–H groups in total. The summed E-state index contributed by atoms with van der Waals surface area (Å²) in [5.74, 6) is 0.797. The third kappa shape index (κ3) is 3.42. The molecule has 31 heavy (non-hydrogen) atoms. The number of halogens is 2. The molecule has 0 radical (unpaired) electrons. The molecule has 5 rings (SSSR count). The van der Waals surface area contributed by atoms with Crippen LogP contribution in [0.25, 0.3) is 22.4 Å². The van der Waals surface area contributed by atoms with Gasteiger partial charge < -0.3 is 15.8 Å². The quantitative estimate of drug-likeness (QED) is 0.466. The SMILES string of the molecule is Nc1nc(-c2nn(Cc3ccccc3F)c3c(F)cccc23)nc(N)c1N1CCCS1. The summed E-state index contributed by atoms with van der Waals surface area (Å²) in [6.07, 6.45) is 1.02. The summed E-state index contributed by atoms with van der Waals surface area (Å²) in [6.45, 7) is 0.866. The van der Waals surface area contributed by atoms with E-state index >= 15 is 0 Å². The molecule has 1 fully saturated rings. The van der Waals surface area contributed by atoms with E-state index in [4.69, 9.17) is 11.5 Å². The maximum Gasteiger partial charge on any atom is 0.184 e. The van der Waals surface area contributed by atoms with Crippen molar-refractivity contribution in [3.05, 3.63) is 59.7 Å². The van der Waals surface area contributed by atoms with E-state index in [2.05, 4.69) is 15.1 Å². The largest absolute Gasteiger partial charge is 0.382 e. The first-order valence-electron chi connectivity index (χ1n) is 9.75. The Labute approximate surface area is 181 Å². The second kappa shape index (κ2) is 7.69. The van der Waals surface area contributed by atoms with Crippen molar-refractivity contribution in [2.75, 3.05) is 28.1 Å². The van der Waals surface area contributed by atoms with Crippen molar-refractivity contribution in [1.29, 1.82) is 0 Å². The van der Waals surface area contributed by atoms with Gasteiger partial charge in [-0.2, -0.15) is 5.10 Å². The van der Waals surface area contributed by atoms with Gasteiger partial charge in [0.1, 0.15) is 28.5 Å². The lowest BCUT2D eigenvalue weighted by atomic mass is 10.2. The van der Waals surface area contributed by atoms with E-state index in [1.165, 1.54) is 16.8 Å². The van der Waals surface area contributed by atoms with Gasteiger partial charge in [0.25, 0.3) is 0 Å². The Morgan fingerprint density at radius 1 is 0.968 bits per heavy atom. The monoisotopic (exact) mass is 439 g/mol. The number of nitrogen functional groups attached to an aromatic ring is 2. The molecule has 0 saturated carbocycles. The second-order valence-electron chi connectivity index (χ2n) is 7.19. The Balaban J connectivity index is 1.64. The number of nitrogens with zero attached hydrogens (tertiary/aromatic N) is 5. The molecule has 2 aromatic heterocycles. The Morgan fingerprint density at radius 3 is 2.42 bits per heavy atom. The summed E-state index contributed by atoms with van der Waals surface area (Å²) in [7, 11) is 0. The van der Waals surface area contributed by atoms with Crippen LogP contribution in [-0.4, -0.2) is 32.0 Å². The van der Waals surface area contributed by atoms with Crippen molar-refractivity contribution in [3.8, 4) is 11.5 Å². The van der Waals surface area contributed by atoms with Crippen molar-refractivity contribution in [2.24, 2.45) is 0 Å². The van der Waals surface area contributed by atoms with Crippen LogP contribution >= 0.6 is 11.9 Å². The van der Waals surface area contributed by atoms with E-state index in [-0.39, 0.29) is 35.3 Å². The third-order valence-electron chi connectivity index (χ3n) is 5.15. The molecule has 158 valence electrons. The maximum atomic E-state index is 14.8. The number of hydrogen-bond donors (Lipinski definition) is 2. The van der Waals surface area contributed by atoms with Gasteiger partial charge >= 0.3 is 0 Å². The molecule has 3 heterocycles. The molecule has 0 bridgehead atoms. The van der Waals surface area contributed by atoms with Crippen LogP contribution < -0.4 is 15.8 Å². The average Bonchev–Trinajstić information content (AvgIpc) is 3.38. The van der Waals surface area contributed by atoms with Gasteiger partial charge in [-0.25, -0.2) is 18.7 Å². The van der Waals surface area contributed by atoms with E-state index in [0.29, 0.717) is 22.3 Å². The zero-order valence-electron chi connectivity index (χ0n) is 16.4. The highest BCUT2D eigenvalue weighted by Crippen LogP contribution is 2.38. The number of para-hydroxylation sites is 1.